The third-order valence-corrected chi connectivity index (χ3v) is 16.0. The zero-order valence-electron chi connectivity index (χ0n) is 28.5. The van der Waals surface area contributed by atoms with Crippen molar-refractivity contribution in [3.63, 3.8) is 0 Å². The molecule has 0 aliphatic heterocycles. The minimum Gasteiger partial charge on any atom is -0.309 e. The smallest absolute Gasteiger partial charge is 0.172 e. The van der Waals surface area contributed by atoms with E-state index in [4.69, 9.17) is 0 Å². The number of hydrogen-bond acceptors (Lipinski definition) is 2. The molecule has 0 amide bonds. The molecule has 0 bridgehead atoms. The first kappa shape index (κ1) is 33.4. The maximum Gasteiger partial charge on any atom is 0.172 e. The Labute approximate surface area is 304 Å². The number of fused-ring (bicyclic) bond motifs is 3. The monoisotopic (exact) mass is 706 g/mol. The second-order valence-corrected chi connectivity index (χ2v) is 18.2. The van der Waals surface area contributed by atoms with Crippen molar-refractivity contribution in [3.8, 4) is 0 Å². The maximum absolute atomic E-state index is 15.7. The lowest BCUT2D eigenvalue weighted by atomic mass is 10.1. The van der Waals surface area contributed by atoms with Crippen LogP contribution in [-0.4, -0.2) is 0 Å². The van der Waals surface area contributed by atoms with Gasteiger partial charge in [-0.15, -0.1) is 0 Å². The van der Waals surface area contributed by atoms with Crippen molar-refractivity contribution in [3.05, 3.63) is 218 Å². The number of rotatable bonds is 6. The van der Waals surface area contributed by atoms with E-state index < -0.39 is 14.3 Å². The minimum absolute atomic E-state index is 0.873. The largest absolute Gasteiger partial charge is 0.309 e. The van der Waals surface area contributed by atoms with Gasteiger partial charge in [0.2, 0.25) is 0 Å². The van der Waals surface area contributed by atoms with Crippen LogP contribution in [0.3, 0.4) is 0 Å². The first-order valence-corrected chi connectivity index (χ1v) is 20.8. The molecule has 0 unspecified atom stereocenters. The van der Waals surface area contributed by atoms with Crippen LogP contribution >= 0.6 is 14.3 Å². The Morgan fingerprint density at radius 1 is 0.231 bits per heavy atom. The van der Waals surface area contributed by atoms with Crippen molar-refractivity contribution >= 4 is 78.4 Å². The van der Waals surface area contributed by atoms with Gasteiger partial charge in [-0.3, -0.25) is 0 Å². The van der Waals surface area contributed by atoms with E-state index >= 15 is 4.57 Å². The fraction of sp³-hybridized carbons (Fsp3) is 0. The number of hydrogen-bond donors (Lipinski definition) is 0. The molecule has 0 aromatic heterocycles. The van der Waals surface area contributed by atoms with Crippen LogP contribution in [0.4, 0.5) is 0 Å². The Balaban J connectivity index is 0.000000166. The summed E-state index contributed by atoms with van der Waals surface area (Å²) in [5.41, 5.74) is 0. The molecule has 0 heterocycles. The van der Waals surface area contributed by atoms with Crippen LogP contribution in [0.1, 0.15) is 0 Å². The van der Waals surface area contributed by atoms with Crippen LogP contribution in [0.5, 0.6) is 0 Å². The first-order chi connectivity index (χ1) is 25.6. The molecule has 0 saturated heterocycles. The lowest BCUT2D eigenvalue weighted by molar-refractivity contribution is 0.592. The van der Waals surface area contributed by atoms with Gasteiger partial charge >= 0.3 is 0 Å². The van der Waals surface area contributed by atoms with Crippen LogP contribution in [0.15, 0.2) is 218 Å². The lowest BCUT2D eigenvalue weighted by Gasteiger charge is -2.24. The van der Waals surface area contributed by atoms with Crippen molar-refractivity contribution in [2.75, 3.05) is 0 Å². The van der Waals surface area contributed by atoms with Gasteiger partial charge in [0.25, 0.3) is 0 Å². The van der Waals surface area contributed by atoms with Gasteiger partial charge in [-0.25, -0.2) is 0 Å². The highest BCUT2D eigenvalue weighted by Crippen LogP contribution is 2.48. The van der Waals surface area contributed by atoms with E-state index in [-0.39, 0.29) is 0 Å². The lowest BCUT2D eigenvalue weighted by Crippen LogP contribution is -2.26. The van der Waals surface area contributed by atoms with E-state index in [0.717, 1.165) is 64.1 Å². The summed E-state index contributed by atoms with van der Waals surface area (Å²) in [6.45, 7) is 0. The predicted octanol–water partition coefficient (Wildman–Crippen LogP) is 10.1. The molecule has 0 fully saturated rings. The summed E-state index contributed by atoms with van der Waals surface area (Å²) >= 11 is 0. The summed E-state index contributed by atoms with van der Waals surface area (Å²) in [6, 6.07) is 72.4. The second kappa shape index (κ2) is 14.5. The molecule has 0 saturated carbocycles. The molecule has 0 aliphatic carbocycles. The average molecular weight is 707 g/mol. The van der Waals surface area contributed by atoms with Crippen LogP contribution < -0.4 is 31.8 Å². The SMILES string of the molecule is O=P(c1cccc2ccccc12)(c1cccc2ccccc12)c1cccc2ccccc12.O=P(c1ccccc1)(c1ccccc1)c1ccccc1. The maximum atomic E-state index is 15.7. The van der Waals surface area contributed by atoms with Gasteiger partial charge in [-0.1, -0.05) is 218 Å². The van der Waals surface area contributed by atoms with E-state index in [1.54, 1.807) is 0 Å². The fourth-order valence-corrected chi connectivity index (χ4v) is 13.2. The minimum atomic E-state index is -3.21. The third kappa shape index (κ3) is 6.01. The van der Waals surface area contributed by atoms with Crippen molar-refractivity contribution in [1.82, 2.24) is 0 Å². The highest BCUT2D eigenvalue weighted by molar-refractivity contribution is 7.86. The van der Waals surface area contributed by atoms with Gasteiger partial charge in [-0.05, 0) is 32.3 Å². The molecule has 250 valence electrons. The Morgan fingerprint density at radius 3 is 0.788 bits per heavy atom. The van der Waals surface area contributed by atoms with Gasteiger partial charge in [0.15, 0.2) is 14.3 Å². The van der Waals surface area contributed by atoms with E-state index in [2.05, 4.69) is 54.6 Å². The topological polar surface area (TPSA) is 34.1 Å². The summed E-state index contributed by atoms with van der Waals surface area (Å²) in [4.78, 5) is 0. The summed E-state index contributed by atoms with van der Waals surface area (Å²) in [5, 5.41) is 11.7. The van der Waals surface area contributed by atoms with Crippen LogP contribution in [0, 0.1) is 0 Å². The zero-order valence-corrected chi connectivity index (χ0v) is 30.3. The normalized spacial score (nSPS) is 11.6. The highest BCUT2D eigenvalue weighted by Gasteiger charge is 2.34. The predicted molar refractivity (Wildman–Crippen MR) is 224 cm³/mol. The van der Waals surface area contributed by atoms with Gasteiger partial charge in [0.05, 0.1) is 0 Å². The van der Waals surface area contributed by atoms with E-state index in [1.807, 2.05) is 164 Å². The average Bonchev–Trinajstić information content (AvgIpc) is 3.23. The summed E-state index contributed by atoms with van der Waals surface area (Å²) < 4.78 is 29.5. The summed E-state index contributed by atoms with van der Waals surface area (Å²) in [7, 11) is -5.99. The van der Waals surface area contributed by atoms with Crippen molar-refractivity contribution in [2.24, 2.45) is 0 Å². The number of benzene rings is 9. The van der Waals surface area contributed by atoms with Crippen molar-refractivity contribution < 1.29 is 9.13 Å². The van der Waals surface area contributed by atoms with Crippen molar-refractivity contribution in [2.45, 2.75) is 0 Å². The van der Waals surface area contributed by atoms with Gasteiger partial charge < -0.3 is 9.13 Å². The quantitative estimate of drug-likeness (QED) is 0.161. The first-order valence-electron chi connectivity index (χ1n) is 17.4. The van der Waals surface area contributed by atoms with Gasteiger partial charge in [-0.2, -0.15) is 0 Å². The molecule has 0 N–H and O–H groups in total. The molecule has 4 heteroatoms. The van der Waals surface area contributed by atoms with E-state index in [1.165, 1.54) is 0 Å². The van der Waals surface area contributed by atoms with E-state index in [9.17, 15) is 4.57 Å². The zero-order chi connectivity index (χ0) is 35.4. The van der Waals surface area contributed by atoms with Crippen molar-refractivity contribution in [1.29, 1.82) is 0 Å². The van der Waals surface area contributed by atoms with Crippen LogP contribution in [0.2, 0.25) is 0 Å². The Kier molecular flexibility index (Phi) is 9.27. The highest BCUT2D eigenvalue weighted by atomic mass is 31.2. The summed E-state index contributed by atoms with van der Waals surface area (Å²) in [5.74, 6) is 0. The molecular weight excluding hydrogens is 670 g/mol. The molecule has 9 aromatic rings. The molecule has 52 heavy (non-hydrogen) atoms. The van der Waals surface area contributed by atoms with Gasteiger partial charge in [0, 0.05) is 31.8 Å². The Bertz CT molecular complexity index is 2430. The summed E-state index contributed by atoms with van der Waals surface area (Å²) in [6.07, 6.45) is 0. The molecule has 0 radical (unpaired) electrons. The second-order valence-electron chi connectivity index (χ2n) is 12.7. The van der Waals surface area contributed by atoms with Crippen LogP contribution in [-0.2, 0) is 9.13 Å². The molecule has 0 atom stereocenters. The molecule has 9 rings (SSSR count). The Hall–Kier alpha value is -5.78. The third-order valence-electron chi connectivity index (χ3n) is 9.68. The van der Waals surface area contributed by atoms with E-state index in [0.29, 0.717) is 0 Å². The Morgan fingerprint density at radius 2 is 0.481 bits per heavy atom. The van der Waals surface area contributed by atoms with Crippen LogP contribution in [0.25, 0.3) is 32.3 Å². The molecule has 2 nitrogen and oxygen atoms in total. The molecular formula is C48H36O2P2. The molecule has 0 spiro atoms. The molecule has 9 aromatic carbocycles. The fourth-order valence-electron chi connectivity index (χ4n) is 7.20. The standard InChI is InChI=1S/C30H21OP.C18H15OP/c31-32(28-19-7-13-22-10-1-4-16-25(22)28,29-20-8-14-23-11-2-5-17-26(23)29)30-21-9-15-24-12-3-6-18-27(24)30;19-20(16-10-4-1-5-11-16,17-12-6-2-7-13-17)18-14-8-3-9-15-18/h1-21H;1-15H. The molecule has 0 aliphatic rings. The van der Waals surface area contributed by atoms with Gasteiger partial charge in [0.1, 0.15) is 0 Å².